The van der Waals surface area contributed by atoms with Gasteiger partial charge in [-0.2, -0.15) is 8.78 Å². The van der Waals surface area contributed by atoms with E-state index in [1.165, 1.54) is 18.2 Å². The number of halogens is 3. The third kappa shape index (κ3) is 4.04. The van der Waals surface area contributed by atoms with E-state index in [1.54, 1.807) is 0 Å². The Kier molecular flexibility index (Phi) is 5.00. The highest BCUT2D eigenvalue weighted by atomic mass is 35.5. The van der Waals surface area contributed by atoms with E-state index in [0.29, 0.717) is 23.4 Å². The van der Waals surface area contributed by atoms with Crippen molar-refractivity contribution in [3.05, 3.63) is 28.8 Å². The molecule has 7 heteroatoms. The van der Waals surface area contributed by atoms with Gasteiger partial charge in [-0.1, -0.05) is 24.4 Å². The van der Waals surface area contributed by atoms with E-state index >= 15 is 0 Å². The van der Waals surface area contributed by atoms with Gasteiger partial charge in [0.05, 0.1) is 5.54 Å². The van der Waals surface area contributed by atoms with Crippen LogP contribution in [-0.2, 0) is 11.3 Å². The first-order valence-electron chi connectivity index (χ1n) is 6.71. The molecule has 1 saturated carbocycles. The van der Waals surface area contributed by atoms with Crippen molar-refractivity contribution in [2.75, 3.05) is 0 Å². The first-order valence-corrected chi connectivity index (χ1v) is 7.09. The summed E-state index contributed by atoms with van der Waals surface area (Å²) in [6.45, 7) is -2.89. The molecule has 4 nitrogen and oxygen atoms in total. The normalized spacial score (nSPS) is 17.0. The summed E-state index contributed by atoms with van der Waals surface area (Å²) in [6.07, 6.45) is 3.10. The van der Waals surface area contributed by atoms with Crippen LogP contribution in [0.4, 0.5) is 8.78 Å². The quantitative estimate of drug-likeness (QED) is 0.877. The van der Waals surface area contributed by atoms with Gasteiger partial charge in [0.2, 0.25) is 5.91 Å². The SMILES string of the molecule is NC1(C(=O)NCc2cc(Cl)ccc2OC(F)F)CCCC1. The summed E-state index contributed by atoms with van der Waals surface area (Å²) < 4.78 is 29.1. The summed E-state index contributed by atoms with van der Waals surface area (Å²) in [7, 11) is 0. The van der Waals surface area contributed by atoms with Crippen LogP contribution >= 0.6 is 11.6 Å². The van der Waals surface area contributed by atoms with Gasteiger partial charge in [0.1, 0.15) is 5.75 Å². The summed E-state index contributed by atoms with van der Waals surface area (Å²) in [5, 5.41) is 3.05. The molecule has 1 aromatic carbocycles. The molecular weight excluding hydrogens is 302 g/mol. The monoisotopic (exact) mass is 318 g/mol. The maximum Gasteiger partial charge on any atom is 0.387 e. The number of nitrogens with two attached hydrogens (primary N) is 1. The van der Waals surface area contributed by atoms with E-state index in [9.17, 15) is 13.6 Å². The van der Waals surface area contributed by atoms with Gasteiger partial charge in [-0.25, -0.2) is 0 Å². The third-order valence-electron chi connectivity index (χ3n) is 3.63. The third-order valence-corrected chi connectivity index (χ3v) is 3.86. The number of ether oxygens (including phenoxy) is 1. The molecule has 116 valence electrons. The van der Waals surface area contributed by atoms with Crippen LogP contribution in [-0.4, -0.2) is 18.1 Å². The first-order chi connectivity index (χ1) is 9.90. The van der Waals surface area contributed by atoms with Crippen molar-refractivity contribution in [1.82, 2.24) is 5.32 Å². The summed E-state index contributed by atoms with van der Waals surface area (Å²) in [6, 6.07) is 4.28. The standard InChI is InChI=1S/C14H17ClF2N2O2/c15-10-3-4-11(21-13(16)17)9(7-10)8-19-12(20)14(18)5-1-2-6-14/h3-4,7,13H,1-2,5-6,8,18H2,(H,19,20). The van der Waals surface area contributed by atoms with Crippen molar-refractivity contribution in [2.45, 2.75) is 44.4 Å². The molecule has 0 radical (unpaired) electrons. The summed E-state index contributed by atoms with van der Waals surface area (Å²) >= 11 is 5.84. The molecule has 0 saturated heterocycles. The molecule has 1 aromatic rings. The maximum atomic E-state index is 12.3. The van der Waals surface area contributed by atoms with E-state index in [2.05, 4.69) is 10.1 Å². The van der Waals surface area contributed by atoms with Crippen molar-refractivity contribution >= 4 is 17.5 Å². The zero-order chi connectivity index (χ0) is 15.5. The molecule has 0 bridgehead atoms. The number of hydrogen-bond donors (Lipinski definition) is 2. The lowest BCUT2D eigenvalue weighted by molar-refractivity contribution is -0.126. The van der Waals surface area contributed by atoms with Crippen LogP contribution in [0.25, 0.3) is 0 Å². The highest BCUT2D eigenvalue weighted by Gasteiger charge is 2.36. The van der Waals surface area contributed by atoms with Crippen molar-refractivity contribution in [3.8, 4) is 5.75 Å². The molecule has 0 heterocycles. The van der Waals surface area contributed by atoms with Gasteiger partial charge in [-0.15, -0.1) is 0 Å². The van der Waals surface area contributed by atoms with E-state index in [0.717, 1.165) is 12.8 Å². The molecule has 21 heavy (non-hydrogen) atoms. The second-order valence-corrected chi connectivity index (χ2v) is 5.61. The maximum absolute atomic E-state index is 12.3. The molecule has 0 spiro atoms. The van der Waals surface area contributed by atoms with Gasteiger partial charge in [0.25, 0.3) is 0 Å². The topological polar surface area (TPSA) is 64.4 Å². The lowest BCUT2D eigenvalue weighted by atomic mass is 9.98. The molecule has 3 N–H and O–H groups in total. The zero-order valence-electron chi connectivity index (χ0n) is 11.4. The van der Waals surface area contributed by atoms with Crippen molar-refractivity contribution < 1.29 is 18.3 Å². The summed E-state index contributed by atoms with van der Waals surface area (Å²) in [5.41, 5.74) is 5.55. The highest BCUT2D eigenvalue weighted by Crippen LogP contribution is 2.28. The number of carbonyl (C=O) groups excluding carboxylic acids is 1. The summed E-state index contributed by atoms with van der Waals surface area (Å²) in [4.78, 5) is 12.1. The summed E-state index contributed by atoms with van der Waals surface area (Å²) in [5.74, 6) is -0.282. The largest absolute Gasteiger partial charge is 0.434 e. The van der Waals surface area contributed by atoms with Gasteiger partial charge in [0.15, 0.2) is 0 Å². The van der Waals surface area contributed by atoms with Gasteiger partial charge in [-0.05, 0) is 31.0 Å². The number of nitrogens with one attached hydrogen (secondary N) is 1. The number of carbonyl (C=O) groups is 1. The first kappa shape index (κ1) is 16.0. The van der Waals surface area contributed by atoms with Gasteiger partial charge in [-0.3, -0.25) is 4.79 Å². The fraction of sp³-hybridized carbons (Fsp3) is 0.500. The van der Waals surface area contributed by atoms with Crippen molar-refractivity contribution in [2.24, 2.45) is 5.73 Å². The number of alkyl halides is 2. The Balaban J connectivity index is 2.05. The second-order valence-electron chi connectivity index (χ2n) is 5.18. The minimum absolute atomic E-state index is 0.00723. The smallest absolute Gasteiger partial charge is 0.387 e. The number of rotatable bonds is 5. The molecule has 0 unspecified atom stereocenters. The van der Waals surface area contributed by atoms with Crippen LogP contribution in [0, 0.1) is 0 Å². The Morgan fingerprint density at radius 1 is 1.43 bits per heavy atom. The minimum atomic E-state index is -2.93. The van der Waals surface area contributed by atoms with Gasteiger partial charge < -0.3 is 15.8 Å². The lowest BCUT2D eigenvalue weighted by Gasteiger charge is -2.22. The molecule has 1 fully saturated rings. The molecule has 0 aromatic heterocycles. The lowest BCUT2D eigenvalue weighted by Crippen LogP contribution is -2.51. The van der Waals surface area contributed by atoms with Gasteiger partial charge in [0, 0.05) is 17.1 Å². The Morgan fingerprint density at radius 3 is 2.71 bits per heavy atom. The zero-order valence-corrected chi connectivity index (χ0v) is 12.1. The van der Waals surface area contributed by atoms with Crippen LogP contribution < -0.4 is 15.8 Å². The molecule has 2 rings (SSSR count). The van der Waals surface area contributed by atoms with E-state index in [-0.39, 0.29) is 18.2 Å². The second kappa shape index (κ2) is 6.58. The van der Waals surface area contributed by atoms with Crippen LogP contribution in [0.2, 0.25) is 5.02 Å². The van der Waals surface area contributed by atoms with Crippen LogP contribution in [0.15, 0.2) is 18.2 Å². The Bertz CT molecular complexity index is 520. The molecule has 0 atom stereocenters. The Hall–Kier alpha value is -1.40. The minimum Gasteiger partial charge on any atom is -0.434 e. The molecule has 1 aliphatic carbocycles. The number of benzene rings is 1. The van der Waals surface area contributed by atoms with E-state index < -0.39 is 12.2 Å². The van der Waals surface area contributed by atoms with Crippen LogP contribution in [0.1, 0.15) is 31.2 Å². The predicted octanol–water partition coefficient (Wildman–Crippen LogP) is 2.83. The van der Waals surface area contributed by atoms with Crippen LogP contribution in [0.5, 0.6) is 5.75 Å². The van der Waals surface area contributed by atoms with Crippen molar-refractivity contribution in [1.29, 1.82) is 0 Å². The molecule has 1 amide bonds. The van der Waals surface area contributed by atoms with E-state index in [1.807, 2.05) is 0 Å². The Morgan fingerprint density at radius 2 is 2.10 bits per heavy atom. The average molecular weight is 319 g/mol. The fourth-order valence-corrected chi connectivity index (χ4v) is 2.68. The fourth-order valence-electron chi connectivity index (χ4n) is 2.48. The molecule has 1 aliphatic rings. The predicted molar refractivity (Wildman–Crippen MR) is 75.3 cm³/mol. The molecule has 0 aliphatic heterocycles. The highest BCUT2D eigenvalue weighted by molar-refractivity contribution is 6.30. The average Bonchev–Trinajstić information content (AvgIpc) is 2.86. The van der Waals surface area contributed by atoms with Gasteiger partial charge >= 0.3 is 6.61 Å². The van der Waals surface area contributed by atoms with E-state index in [4.69, 9.17) is 17.3 Å². The Labute approximate surface area is 126 Å². The number of amides is 1. The number of hydrogen-bond acceptors (Lipinski definition) is 3. The molecular formula is C14H17ClF2N2O2. The van der Waals surface area contributed by atoms with Crippen LogP contribution in [0.3, 0.4) is 0 Å². The van der Waals surface area contributed by atoms with Crippen molar-refractivity contribution in [3.63, 3.8) is 0 Å².